The molecule has 0 aliphatic carbocycles. The van der Waals surface area contributed by atoms with Gasteiger partial charge in [-0.1, -0.05) is 0 Å². The molecule has 1 heterocycles. The molecule has 1 aromatic rings. The van der Waals surface area contributed by atoms with Crippen LogP contribution < -0.4 is 9.47 Å². The number of methoxy groups -OCH3 is 1. The highest BCUT2D eigenvalue weighted by atomic mass is 16.8. The van der Waals surface area contributed by atoms with E-state index in [0.29, 0.717) is 25.9 Å². The Morgan fingerprint density at radius 2 is 1.96 bits per heavy atom. The summed E-state index contributed by atoms with van der Waals surface area (Å²) in [6.07, 6.45) is 1.09. The molecule has 1 aromatic carbocycles. The Kier molecular flexibility index (Phi) is 5.59. The summed E-state index contributed by atoms with van der Waals surface area (Å²) >= 11 is 0. The smallest absolute Gasteiger partial charge is 0.493 e. The summed E-state index contributed by atoms with van der Waals surface area (Å²) < 4.78 is 21.8. The molecule has 1 aliphatic rings. The molecule has 1 N–H and O–H groups in total. The molecule has 0 radical (unpaired) electrons. The van der Waals surface area contributed by atoms with Gasteiger partial charge in [-0.25, -0.2) is 4.79 Å². The number of aliphatic hydroxyl groups is 1. The van der Waals surface area contributed by atoms with Crippen molar-refractivity contribution >= 4 is 6.16 Å². The minimum atomic E-state index is -1.04. The van der Waals surface area contributed by atoms with Gasteiger partial charge in [-0.3, -0.25) is 0 Å². The predicted molar refractivity (Wildman–Crippen MR) is 88.7 cm³/mol. The molecular formula is C18H26O6. The van der Waals surface area contributed by atoms with E-state index < -0.39 is 11.9 Å². The highest BCUT2D eigenvalue weighted by Gasteiger charge is 2.38. The number of fused-ring (bicyclic) bond motifs is 1. The Labute approximate surface area is 142 Å². The van der Waals surface area contributed by atoms with Crippen LogP contribution in [0.4, 0.5) is 4.79 Å². The Hall–Kier alpha value is -1.95. The van der Waals surface area contributed by atoms with E-state index in [9.17, 15) is 4.79 Å². The zero-order chi connectivity index (χ0) is 17.9. The first kappa shape index (κ1) is 18.4. The van der Waals surface area contributed by atoms with Crippen LogP contribution in [0.3, 0.4) is 0 Å². The molecule has 6 nitrogen and oxygen atoms in total. The molecule has 0 saturated heterocycles. The second-order valence-corrected chi connectivity index (χ2v) is 6.23. The summed E-state index contributed by atoms with van der Waals surface area (Å²) in [6, 6.07) is 0. The van der Waals surface area contributed by atoms with Crippen molar-refractivity contribution in [1.29, 1.82) is 0 Å². The monoisotopic (exact) mass is 338 g/mol. The molecule has 0 spiro atoms. The van der Waals surface area contributed by atoms with Crippen molar-refractivity contribution in [1.82, 2.24) is 0 Å². The standard InChI is InChI=1S/C18H26O6/c1-11-12(2)16-14(13(3)15(11)22-10-6-9-19)7-8-18(4,23-16)24-17(20)21-5/h19H,6-10H2,1-5H3. The van der Waals surface area contributed by atoms with Crippen molar-refractivity contribution in [3.8, 4) is 11.5 Å². The lowest BCUT2D eigenvalue weighted by Gasteiger charge is -2.36. The number of aliphatic hydroxyl groups excluding tert-OH is 1. The molecule has 0 amide bonds. The van der Waals surface area contributed by atoms with Crippen LogP contribution in [-0.4, -0.2) is 37.4 Å². The minimum Gasteiger partial charge on any atom is -0.493 e. The zero-order valence-electron chi connectivity index (χ0n) is 15.0. The van der Waals surface area contributed by atoms with Gasteiger partial charge in [0.15, 0.2) is 0 Å². The number of hydrogen-bond donors (Lipinski definition) is 1. The number of ether oxygens (including phenoxy) is 4. The van der Waals surface area contributed by atoms with Crippen LogP contribution in [0.25, 0.3) is 0 Å². The lowest BCUT2D eigenvalue weighted by atomic mass is 9.91. The van der Waals surface area contributed by atoms with Gasteiger partial charge in [0, 0.05) is 31.9 Å². The van der Waals surface area contributed by atoms with Gasteiger partial charge in [0.25, 0.3) is 5.79 Å². The third kappa shape index (κ3) is 3.59. The van der Waals surface area contributed by atoms with Gasteiger partial charge in [-0.2, -0.15) is 0 Å². The van der Waals surface area contributed by atoms with E-state index in [1.54, 1.807) is 6.92 Å². The van der Waals surface area contributed by atoms with Crippen LogP contribution in [0.5, 0.6) is 11.5 Å². The summed E-state index contributed by atoms with van der Waals surface area (Å²) in [7, 11) is 1.28. The van der Waals surface area contributed by atoms with Gasteiger partial charge >= 0.3 is 6.16 Å². The molecule has 24 heavy (non-hydrogen) atoms. The molecule has 0 bridgehead atoms. The van der Waals surface area contributed by atoms with Crippen LogP contribution >= 0.6 is 0 Å². The molecule has 1 unspecified atom stereocenters. The Balaban J connectivity index is 2.34. The van der Waals surface area contributed by atoms with E-state index in [1.807, 2.05) is 20.8 Å². The van der Waals surface area contributed by atoms with Crippen molar-refractivity contribution in [3.63, 3.8) is 0 Å². The summed E-state index contributed by atoms with van der Waals surface area (Å²) in [5, 5.41) is 8.93. The molecule has 0 saturated carbocycles. The van der Waals surface area contributed by atoms with Crippen molar-refractivity contribution < 1.29 is 28.8 Å². The fourth-order valence-corrected chi connectivity index (χ4v) is 2.96. The normalized spacial score (nSPS) is 19.2. The third-order valence-electron chi connectivity index (χ3n) is 4.47. The molecule has 134 valence electrons. The van der Waals surface area contributed by atoms with Crippen LogP contribution in [0.1, 0.15) is 42.0 Å². The summed E-state index contributed by atoms with van der Waals surface area (Å²) in [4.78, 5) is 11.5. The van der Waals surface area contributed by atoms with Crippen LogP contribution in [0.2, 0.25) is 0 Å². The molecule has 6 heteroatoms. The topological polar surface area (TPSA) is 74.2 Å². The van der Waals surface area contributed by atoms with Crippen LogP contribution in [0.15, 0.2) is 0 Å². The molecule has 1 aliphatic heterocycles. The van der Waals surface area contributed by atoms with E-state index in [2.05, 4.69) is 4.74 Å². The first-order valence-electron chi connectivity index (χ1n) is 8.15. The lowest BCUT2D eigenvalue weighted by molar-refractivity contribution is -0.152. The van der Waals surface area contributed by atoms with Gasteiger partial charge in [0.2, 0.25) is 0 Å². The van der Waals surface area contributed by atoms with Gasteiger partial charge < -0.3 is 24.1 Å². The molecular weight excluding hydrogens is 312 g/mol. The molecule has 2 rings (SSSR count). The maximum Gasteiger partial charge on any atom is 0.511 e. The number of carbonyl (C=O) groups is 1. The third-order valence-corrected chi connectivity index (χ3v) is 4.47. The summed E-state index contributed by atoms with van der Waals surface area (Å²) in [5.74, 6) is 0.557. The van der Waals surface area contributed by atoms with Crippen molar-refractivity contribution in [3.05, 3.63) is 22.3 Å². The minimum absolute atomic E-state index is 0.106. The maximum atomic E-state index is 11.5. The number of carbonyl (C=O) groups excluding carboxylic acids is 1. The van der Waals surface area contributed by atoms with Gasteiger partial charge in [-0.15, -0.1) is 0 Å². The van der Waals surface area contributed by atoms with Crippen molar-refractivity contribution in [2.24, 2.45) is 0 Å². The highest BCUT2D eigenvalue weighted by Crippen LogP contribution is 2.44. The highest BCUT2D eigenvalue weighted by molar-refractivity contribution is 5.61. The summed E-state index contributed by atoms with van der Waals surface area (Å²) in [6.45, 7) is 8.27. The summed E-state index contributed by atoms with van der Waals surface area (Å²) in [5.41, 5.74) is 4.06. The zero-order valence-corrected chi connectivity index (χ0v) is 15.0. The largest absolute Gasteiger partial charge is 0.511 e. The second-order valence-electron chi connectivity index (χ2n) is 6.23. The van der Waals surface area contributed by atoms with Crippen molar-refractivity contribution in [2.45, 2.75) is 52.7 Å². The van der Waals surface area contributed by atoms with E-state index in [4.69, 9.17) is 19.3 Å². The Morgan fingerprint density at radius 3 is 2.58 bits per heavy atom. The quantitative estimate of drug-likeness (QED) is 0.656. The van der Waals surface area contributed by atoms with Gasteiger partial charge in [0.05, 0.1) is 13.7 Å². The maximum absolute atomic E-state index is 11.5. The lowest BCUT2D eigenvalue weighted by Crippen LogP contribution is -2.41. The Bertz CT molecular complexity index is 625. The molecule has 0 aromatic heterocycles. The van der Waals surface area contributed by atoms with E-state index in [1.165, 1.54) is 7.11 Å². The molecule has 0 fully saturated rings. The fraction of sp³-hybridized carbons (Fsp3) is 0.611. The van der Waals surface area contributed by atoms with Crippen LogP contribution in [0, 0.1) is 20.8 Å². The second kappa shape index (κ2) is 7.30. The Morgan fingerprint density at radius 1 is 1.25 bits per heavy atom. The fourth-order valence-electron chi connectivity index (χ4n) is 2.96. The van der Waals surface area contributed by atoms with Crippen molar-refractivity contribution in [2.75, 3.05) is 20.3 Å². The number of hydrogen-bond acceptors (Lipinski definition) is 6. The van der Waals surface area contributed by atoms with Crippen LogP contribution in [-0.2, 0) is 15.9 Å². The van der Waals surface area contributed by atoms with Gasteiger partial charge in [0.1, 0.15) is 11.5 Å². The first-order chi connectivity index (χ1) is 11.3. The average molecular weight is 338 g/mol. The predicted octanol–water partition coefficient (Wildman–Crippen LogP) is 3.20. The SMILES string of the molecule is COC(=O)OC1(C)CCc2c(C)c(OCCCO)c(C)c(C)c2O1. The number of rotatable bonds is 5. The average Bonchev–Trinajstić information content (AvgIpc) is 2.55. The first-order valence-corrected chi connectivity index (χ1v) is 8.15. The molecule has 1 atom stereocenters. The van der Waals surface area contributed by atoms with Gasteiger partial charge in [-0.05, 0) is 43.9 Å². The number of benzene rings is 1. The van der Waals surface area contributed by atoms with E-state index in [0.717, 1.165) is 33.8 Å². The van der Waals surface area contributed by atoms with E-state index >= 15 is 0 Å². The van der Waals surface area contributed by atoms with E-state index in [-0.39, 0.29) is 6.61 Å².